The van der Waals surface area contributed by atoms with Gasteiger partial charge in [0.05, 0.1) is 11.9 Å². The van der Waals surface area contributed by atoms with Crippen LogP contribution in [-0.4, -0.2) is 15.0 Å². The van der Waals surface area contributed by atoms with Gasteiger partial charge in [-0.25, -0.2) is 4.68 Å². The van der Waals surface area contributed by atoms with Gasteiger partial charge in [-0.1, -0.05) is 65.9 Å². The average Bonchev–Trinajstić information content (AvgIpc) is 2.98. The lowest BCUT2D eigenvalue weighted by Crippen LogP contribution is -1.98. The monoisotopic (exact) mass is 281 g/mol. The lowest BCUT2D eigenvalue weighted by atomic mass is 10.1. The molecule has 0 saturated heterocycles. The molecule has 1 aromatic heterocycles. The van der Waals surface area contributed by atoms with Crippen LogP contribution in [0.15, 0.2) is 67.4 Å². The molecule has 98 valence electrons. The summed E-state index contributed by atoms with van der Waals surface area (Å²) < 4.78 is 1.67. The molecule has 0 unspecified atom stereocenters. The highest BCUT2D eigenvalue weighted by Crippen LogP contribution is 2.20. The predicted octanol–water partition coefficient (Wildman–Crippen LogP) is 4.12. The van der Waals surface area contributed by atoms with E-state index >= 15 is 0 Å². The first-order valence-corrected chi connectivity index (χ1v) is 6.55. The molecule has 20 heavy (non-hydrogen) atoms. The van der Waals surface area contributed by atoms with Crippen molar-refractivity contribution in [1.29, 1.82) is 0 Å². The maximum atomic E-state index is 5.88. The van der Waals surface area contributed by atoms with Crippen LogP contribution in [0.3, 0.4) is 0 Å². The van der Waals surface area contributed by atoms with Crippen LogP contribution in [0.5, 0.6) is 0 Å². The quantitative estimate of drug-likeness (QED) is 0.723. The van der Waals surface area contributed by atoms with E-state index in [4.69, 9.17) is 11.6 Å². The maximum Gasteiger partial charge on any atom is 0.113 e. The van der Waals surface area contributed by atoms with E-state index in [9.17, 15) is 0 Å². The number of hydrogen-bond acceptors (Lipinski definition) is 2. The summed E-state index contributed by atoms with van der Waals surface area (Å²) in [7, 11) is 0. The molecular formula is C16H12ClN3. The van der Waals surface area contributed by atoms with Crippen molar-refractivity contribution in [1.82, 2.24) is 15.0 Å². The van der Waals surface area contributed by atoms with E-state index in [1.165, 1.54) is 0 Å². The summed E-state index contributed by atoms with van der Waals surface area (Å²) in [5.41, 5.74) is 3.57. The second-order valence-electron chi connectivity index (χ2n) is 4.37. The summed E-state index contributed by atoms with van der Waals surface area (Å²) in [6.45, 7) is 4.05. The van der Waals surface area contributed by atoms with Gasteiger partial charge in [0.15, 0.2) is 0 Å². The lowest BCUT2D eigenvalue weighted by molar-refractivity contribution is 0.823. The number of aromatic nitrogens is 3. The van der Waals surface area contributed by atoms with Gasteiger partial charge in [-0.15, -0.1) is 5.10 Å². The zero-order chi connectivity index (χ0) is 13.9. The van der Waals surface area contributed by atoms with Crippen molar-refractivity contribution >= 4 is 17.3 Å². The molecule has 3 aromatic rings. The molecule has 0 aliphatic carbocycles. The van der Waals surface area contributed by atoms with Gasteiger partial charge in [0, 0.05) is 10.6 Å². The molecular weight excluding hydrogens is 270 g/mol. The van der Waals surface area contributed by atoms with E-state index in [2.05, 4.69) is 16.9 Å². The summed E-state index contributed by atoms with van der Waals surface area (Å²) in [5.74, 6) is 0. The SMILES string of the molecule is C=C(c1ccc(Cl)cc1)n1cc(-c2ccccc2)nn1. The van der Waals surface area contributed by atoms with E-state index in [1.807, 2.05) is 60.8 Å². The molecule has 3 rings (SSSR count). The molecule has 0 N–H and O–H groups in total. The smallest absolute Gasteiger partial charge is 0.113 e. The molecule has 0 bridgehead atoms. The van der Waals surface area contributed by atoms with Gasteiger partial charge in [-0.3, -0.25) is 0 Å². The minimum Gasteiger partial charge on any atom is -0.220 e. The fraction of sp³-hybridized carbons (Fsp3) is 0. The molecule has 0 spiro atoms. The van der Waals surface area contributed by atoms with Gasteiger partial charge in [-0.05, 0) is 17.7 Å². The largest absolute Gasteiger partial charge is 0.220 e. The summed E-state index contributed by atoms with van der Waals surface area (Å²) in [6.07, 6.45) is 1.87. The minimum absolute atomic E-state index is 0.699. The van der Waals surface area contributed by atoms with Crippen LogP contribution in [0.2, 0.25) is 5.02 Å². The van der Waals surface area contributed by atoms with Crippen LogP contribution < -0.4 is 0 Å². The average molecular weight is 282 g/mol. The highest BCUT2D eigenvalue weighted by atomic mass is 35.5. The first-order valence-electron chi connectivity index (χ1n) is 6.17. The van der Waals surface area contributed by atoms with Gasteiger partial charge in [-0.2, -0.15) is 0 Å². The molecule has 0 atom stereocenters. The van der Waals surface area contributed by atoms with E-state index in [-0.39, 0.29) is 0 Å². The normalized spacial score (nSPS) is 10.4. The summed E-state index contributed by atoms with van der Waals surface area (Å²) in [5, 5.41) is 9.00. The Hall–Kier alpha value is -2.39. The second kappa shape index (κ2) is 5.31. The molecule has 0 saturated carbocycles. The van der Waals surface area contributed by atoms with Crippen LogP contribution in [0, 0.1) is 0 Å². The number of hydrogen-bond donors (Lipinski definition) is 0. The third-order valence-electron chi connectivity index (χ3n) is 3.02. The van der Waals surface area contributed by atoms with Gasteiger partial charge >= 0.3 is 0 Å². The molecule has 0 aliphatic rings. The standard InChI is InChI=1S/C16H12ClN3/c1-12(13-7-9-15(17)10-8-13)20-11-16(18-19-20)14-5-3-2-4-6-14/h2-11H,1H2. The van der Waals surface area contributed by atoms with Crippen LogP contribution in [0.4, 0.5) is 0 Å². The Morgan fingerprint density at radius 3 is 2.40 bits per heavy atom. The first kappa shape index (κ1) is 12.6. The molecule has 0 radical (unpaired) electrons. The zero-order valence-corrected chi connectivity index (χ0v) is 11.5. The summed E-state index contributed by atoms with van der Waals surface area (Å²) >= 11 is 5.88. The van der Waals surface area contributed by atoms with Crippen LogP contribution >= 0.6 is 11.6 Å². The van der Waals surface area contributed by atoms with Gasteiger partial charge in [0.1, 0.15) is 5.69 Å². The fourth-order valence-corrected chi connectivity index (χ4v) is 2.04. The second-order valence-corrected chi connectivity index (χ2v) is 4.80. The highest BCUT2D eigenvalue weighted by Gasteiger charge is 2.07. The van der Waals surface area contributed by atoms with Gasteiger partial charge < -0.3 is 0 Å². The van der Waals surface area contributed by atoms with Crippen LogP contribution in [0.1, 0.15) is 5.56 Å². The number of halogens is 1. The maximum absolute atomic E-state index is 5.88. The Morgan fingerprint density at radius 2 is 1.70 bits per heavy atom. The summed E-state index contributed by atoms with van der Waals surface area (Å²) in [6, 6.07) is 17.4. The van der Waals surface area contributed by atoms with Crippen molar-refractivity contribution in [2.24, 2.45) is 0 Å². The van der Waals surface area contributed by atoms with Crippen molar-refractivity contribution in [3.05, 3.63) is 78.0 Å². The Labute approximate surface area is 122 Å². The molecule has 0 amide bonds. The third-order valence-corrected chi connectivity index (χ3v) is 3.27. The molecule has 4 heteroatoms. The molecule has 1 heterocycles. The van der Waals surface area contributed by atoms with E-state index in [1.54, 1.807) is 4.68 Å². The predicted molar refractivity (Wildman–Crippen MR) is 81.3 cm³/mol. The number of nitrogens with zero attached hydrogens (tertiary/aromatic N) is 3. The molecule has 2 aromatic carbocycles. The first-order chi connectivity index (χ1) is 9.74. The Bertz CT molecular complexity index is 730. The van der Waals surface area contributed by atoms with Crippen molar-refractivity contribution in [3.8, 4) is 11.3 Å². The van der Waals surface area contributed by atoms with Gasteiger partial charge in [0.25, 0.3) is 0 Å². The van der Waals surface area contributed by atoms with E-state index < -0.39 is 0 Å². The Balaban J connectivity index is 1.90. The topological polar surface area (TPSA) is 30.7 Å². The van der Waals surface area contributed by atoms with Crippen molar-refractivity contribution in [3.63, 3.8) is 0 Å². The molecule has 0 fully saturated rings. The number of benzene rings is 2. The van der Waals surface area contributed by atoms with Gasteiger partial charge in [0.2, 0.25) is 0 Å². The Morgan fingerprint density at radius 1 is 1.00 bits per heavy atom. The van der Waals surface area contributed by atoms with Crippen molar-refractivity contribution < 1.29 is 0 Å². The highest BCUT2D eigenvalue weighted by molar-refractivity contribution is 6.30. The Kier molecular flexibility index (Phi) is 3.35. The molecule has 0 aliphatic heterocycles. The van der Waals surface area contributed by atoms with Crippen molar-refractivity contribution in [2.45, 2.75) is 0 Å². The molecule has 3 nitrogen and oxygen atoms in total. The fourth-order valence-electron chi connectivity index (χ4n) is 1.91. The summed E-state index contributed by atoms with van der Waals surface area (Å²) in [4.78, 5) is 0. The van der Waals surface area contributed by atoms with Crippen LogP contribution in [0.25, 0.3) is 17.0 Å². The van der Waals surface area contributed by atoms with E-state index in [0.29, 0.717) is 5.02 Å². The minimum atomic E-state index is 0.699. The lowest BCUT2D eigenvalue weighted by Gasteiger charge is -2.04. The van der Waals surface area contributed by atoms with Crippen LogP contribution in [-0.2, 0) is 0 Å². The van der Waals surface area contributed by atoms with Crippen molar-refractivity contribution in [2.75, 3.05) is 0 Å². The number of rotatable bonds is 3. The van der Waals surface area contributed by atoms with E-state index in [0.717, 1.165) is 22.5 Å². The third kappa shape index (κ3) is 2.49. The zero-order valence-electron chi connectivity index (χ0n) is 10.7.